The number of carboxylic acid groups (broad SMARTS) is 1. The molecule has 1 fully saturated rings. The molecule has 0 aliphatic carbocycles. The molecular formula is C20H17BrN2O4S. The summed E-state index contributed by atoms with van der Waals surface area (Å²) in [5, 5.41) is 9.60. The van der Waals surface area contributed by atoms with Gasteiger partial charge < -0.3 is 9.84 Å². The second kappa shape index (κ2) is 8.62. The first-order valence-electron chi connectivity index (χ1n) is 8.28. The van der Waals surface area contributed by atoms with Crippen molar-refractivity contribution in [1.29, 1.82) is 0 Å². The minimum atomic E-state index is -0.956. The molecule has 144 valence electrons. The van der Waals surface area contributed by atoms with Gasteiger partial charge in [0.15, 0.2) is 5.17 Å². The number of aliphatic imine (C=N–C) groups is 1. The van der Waals surface area contributed by atoms with Crippen LogP contribution in [0.15, 0.2) is 56.8 Å². The third-order valence-electron chi connectivity index (χ3n) is 4.04. The minimum absolute atomic E-state index is 0.0770. The van der Waals surface area contributed by atoms with Gasteiger partial charge in [-0.05, 0) is 69.2 Å². The number of thioether (sulfide) groups is 1. The predicted molar refractivity (Wildman–Crippen MR) is 114 cm³/mol. The monoisotopic (exact) mass is 460 g/mol. The molecule has 28 heavy (non-hydrogen) atoms. The van der Waals surface area contributed by atoms with Gasteiger partial charge in [0, 0.05) is 14.1 Å². The number of halogens is 1. The molecule has 8 heteroatoms. The number of rotatable bonds is 5. The van der Waals surface area contributed by atoms with Gasteiger partial charge in [-0.25, -0.2) is 4.79 Å². The fourth-order valence-electron chi connectivity index (χ4n) is 2.53. The molecular weight excluding hydrogens is 444 g/mol. The molecule has 0 saturated carbocycles. The molecule has 2 aromatic rings. The highest BCUT2D eigenvalue weighted by molar-refractivity contribution is 9.10. The van der Waals surface area contributed by atoms with E-state index in [0.717, 1.165) is 15.6 Å². The standard InChI is InChI=1S/C20H17BrN2O4S/c1-22-20-23(2)18(24)17(28-20)10-13-5-8-16(15(21)9-13)27-11-12-3-6-14(7-4-12)19(25)26/h3-10H,11H2,1-2H3,(H,25,26)/b17-10+,22-20?. The zero-order chi connectivity index (χ0) is 20.3. The van der Waals surface area contributed by atoms with Crippen molar-refractivity contribution in [2.45, 2.75) is 6.61 Å². The molecule has 0 atom stereocenters. The van der Waals surface area contributed by atoms with Crippen molar-refractivity contribution in [2.24, 2.45) is 4.99 Å². The molecule has 1 aliphatic heterocycles. The van der Waals surface area contributed by atoms with E-state index in [9.17, 15) is 9.59 Å². The van der Waals surface area contributed by atoms with E-state index in [1.165, 1.54) is 16.7 Å². The van der Waals surface area contributed by atoms with E-state index in [4.69, 9.17) is 9.84 Å². The molecule has 0 radical (unpaired) electrons. The number of carbonyl (C=O) groups excluding carboxylic acids is 1. The van der Waals surface area contributed by atoms with Gasteiger partial charge in [0.05, 0.1) is 14.9 Å². The van der Waals surface area contributed by atoms with Crippen molar-refractivity contribution >= 4 is 50.8 Å². The van der Waals surface area contributed by atoms with E-state index in [2.05, 4.69) is 20.9 Å². The Morgan fingerprint density at radius 1 is 1.29 bits per heavy atom. The normalized spacial score (nSPS) is 16.8. The van der Waals surface area contributed by atoms with E-state index >= 15 is 0 Å². The Morgan fingerprint density at radius 2 is 2.00 bits per heavy atom. The lowest BCUT2D eigenvalue weighted by Crippen LogP contribution is -2.23. The van der Waals surface area contributed by atoms with Crippen LogP contribution in [0.5, 0.6) is 5.75 Å². The molecule has 3 rings (SSSR count). The quantitative estimate of drug-likeness (QED) is 0.674. The van der Waals surface area contributed by atoms with Crippen LogP contribution in [0, 0.1) is 0 Å². The SMILES string of the molecule is CN=C1S/C(=C/c2ccc(OCc3ccc(C(=O)O)cc3)c(Br)c2)C(=O)N1C. The van der Waals surface area contributed by atoms with Crippen molar-refractivity contribution in [3.63, 3.8) is 0 Å². The molecule has 1 amide bonds. The van der Waals surface area contributed by atoms with Crippen molar-refractivity contribution in [2.75, 3.05) is 14.1 Å². The maximum absolute atomic E-state index is 12.2. The molecule has 0 spiro atoms. The maximum Gasteiger partial charge on any atom is 0.335 e. The van der Waals surface area contributed by atoms with E-state index in [1.807, 2.05) is 24.3 Å². The first-order valence-corrected chi connectivity index (χ1v) is 9.89. The van der Waals surface area contributed by atoms with Crippen molar-refractivity contribution in [3.8, 4) is 5.75 Å². The largest absolute Gasteiger partial charge is 0.488 e. The molecule has 0 aromatic heterocycles. The number of hydrogen-bond donors (Lipinski definition) is 1. The molecule has 1 saturated heterocycles. The van der Waals surface area contributed by atoms with Gasteiger partial charge in [-0.2, -0.15) is 0 Å². The van der Waals surface area contributed by atoms with Gasteiger partial charge in [-0.15, -0.1) is 0 Å². The fourth-order valence-corrected chi connectivity index (χ4v) is 3.97. The van der Waals surface area contributed by atoms with E-state index < -0.39 is 5.97 Å². The van der Waals surface area contributed by atoms with Crippen molar-refractivity contribution < 1.29 is 19.4 Å². The van der Waals surface area contributed by atoms with E-state index in [1.54, 1.807) is 38.4 Å². The first kappa shape index (κ1) is 20.2. The number of benzene rings is 2. The van der Waals surface area contributed by atoms with Crippen molar-refractivity contribution in [1.82, 2.24) is 4.90 Å². The molecule has 1 aliphatic rings. The van der Waals surface area contributed by atoms with Crippen LogP contribution < -0.4 is 4.74 Å². The lowest BCUT2D eigenvalue weighted by Gasteiger charge is -2.09. The maximum atomic E-state index is 12.2. The molecule has 0 bridgehead atoms. The summed E-state index contributed by atoms with van der Waals surface area (Å²) in [4.78, 5) is 29.4. The molecule has 1 N–H and O–H groups in total. The molecule has 1 heterocycles. The number of nitrogens with zero attached hydrogens (tertiary/aromatic N) is 2. The van der Waals surface area contributed by atoms with Crippen LogP contribution in [-0.4, -0.2) is 41.1 Å². The third-order valence-corrected chi connectivity index (χ3v) is 5.81. The Labute approximate surface area is 175 Å². The second-order valence-corrected chi connectivity index (χ2v) is 7.83. The van der Waals surface area contributed by atoms with Crippen LogP contribution >= 0.6 is 27.7 Å². The fraction of sp³-hybridized carbons (Fsp3) is 0.150. The lowest BCUT2D eigenvalue weighted by molar-refractivity contribution is -0.121. The van der Waals surface area contributed by atoms with Crippen LogP contribution in [-0.2, 0) is 11.4 Å². The lowest BCUT2D eigenvalue weighted by atomic mass is 10.1. The number of amidine groups is 1. The highest BCUT2D eigenvalue weighted by atomic mass is 79.9. The van der Waals surface area contributed by atoms with Gasteiger partial charge in [-0.3, -0.25) is 14.7 Å². The first-order chi connectivity index (χ1) is 13.4. The highest BCUT2D eigenvalue weighted by Crippen LogP contribution is 2.33. The number of carboxylic acids is 1. The van der Waals surface area contributed by atoms with Crippen LogP contribution in [0.4, 0.5) is 0 Å². The van der Waals surface area contributed by atoms with Crippen LogP contribution in [0.2, 0.25) is 0 Å². The number of hydrogen-bond acceptors (Lipinski definition) is 5. The number of amides is 1. The van der Waals surface area contributed by atoms with Gasteiger partial charge in [0.2, 0.25) is 0 Å². The second-order valence-electron chi connectivity index (χ2n) is 5.96. The Bertz CT molecular complexity index is 986. The molecule has 6 nitrogen and oxygen atoms in total. The van der Waals surface area contributed by atoms with Gasteiger partial charge in [0.1, 0.15) is 12.4 Å². The summed E-state index contributed by atoms with van der Waals surface area (Å²) >= 11 is 4.84. The number of ether oxygens (including phenoxy) is 1. The predicted octanol–water partition coefficient (Wildman–Crippen LogP) is 4.26. The summed E-state index contributed by atoms with van der Waals surface area (Å²) in [6.07, 6.45) is 1.82. The van der Waals surface area contributed by atoms with E-state index in [0.29, 0.717) is 22.4 Å². The summed E-state index contributed by atoms with van der Waals surface area (Å²) in [6, 6.07) is 12.1. The van der Waals surface area contributed by atoms with Gasteiger partial charge in [-0.1, -0.05) is 18.2 Å². The van der Waals surface area contributed by atoms with Crippen LogP contribution in [0.25, 0.3) is 6.08 Å². The smallest absolute Gasteiger partial charge is 0.335 e. The third kappa shape index (κ3) is 4.45. The Kier molecular flexibility index (Phi) is 6.21. The Morgan fingerprint density at radius 3 is 2.57 bits per heavy atom. The van der Waals surface area contributed by atoms with Crippen LogP contribution in [0.1, 0.15) is 21.5 Å². The average molecular weight is 461 g/mol. The molecule has 0 unspecified atom stereocenters. The van der Waals surface area contributed by atoms with Gasteiger partial charge in [0.25, 0.3) is 5.91 Å². The molecule has 2 aromatic carbocycles. The summed E-state index contributed by atoms with van der Waals surface area (Å²) in [6.45, 7) is 0.314. The zero-order valence-corrected chi connectivity index (χ0v) is 17.6. The average Bonchev–Trinajstić information content (AvgIpc) is 2.95. The highest BCUT2D eigenvalue weighted by Gasteiger charge is 2.29. The summed E-state index contributed by atoms with van der Waals surface area (Å²) in [5.41, 5.74) is 1.97. The minimum Gasteiger partial charge on any atom is -0.488 e. The van der Waals surface area contributed by atoms with E-state index in [-0.39, 0.29) is 11.5 Å². The number of likely N-dealkylation sites (N-methyl/N-ethyl adjacent to an activating group) is 1. The number of aromatic carboxylic acids is 1. The summed E-state index contributed by atoms with van der Waals surface area (Å²) in [5.74, 6) is -0.378. The number of carbonyl (C=O) groups is 2. The van der Waals surface area contributed by atoms with Crippen molar-refractivity contribution in [3.05, 3.63) is 68.5 Å². The van der Waals surface area contributed by atoms with Gasteiger partial charge >= 0.3 is 5.97 Å². The van der Waals surface area contributed by atoms with Crippen LogP contribution in [0.3, 0.4) is 0 Å². The Balaban J connectivity index is 1.70. The topological polar surface area (TPSA) is 79.2 Å². The summed E-state index contributed by atoms with van der Waals surface area (Å²) in [7, 11) is 3.36. The summed E-state index contributed by atoms with van der Waals surface area (Å²) < 4.78 is 6.57. The Hall–Kier alpha value is -2.58. The zero-order valence-electron chi connectivity index (χ0n) is 15.2.